The number of amides is 2. The molecule has 37 heavy (non-hydrogen) atoms. The van der Waals surface area contributed by atoms with Crippen molar-refractivity contribution in [1.82, 2.24) is 14.5 Å². The summed E-state index contributed by atoms with van der Waals surface area (Å²) in [5, 5.41) is 4.70. The Labute approximate surface area is 217 Å². The fourth-order valence-electron chi connectivity index (χ4n) is 4.64. The normalized spacial score (nSPS) is 15.1. The van der Waals surface area contributed by atoms with Gasteiger partial charge in [-0.25, -0.2) is 12.8 Å². The largest absolute Gasteiger partial charge is 0.352 e. The Hall–Kier alpha value is -3.30. The first-order valence-electron chi connectivity index (χ1n) is 12.4. The van der Waals surface area contributed by atoms with E-state index in [0.717, 1.165) is 40.8 Å². The molecule has 196 valence electrons. The first-order chi connectivity index (χ1) is 17.6. The molecule has 3 aromatic rings. The van der Waals surface area contributed by atoms with E-state index >= 15 is 0 Å². The first-order valence-corrected chi connectivity index (χ1v) is 13.9. The van der Waals surface area contributed by atoms with Crippen molar-refractivity contribution in [2.45, 2.75) is 56.1 Å². The van der Waals surface area contributed by atoms with Gasteiger partial charge in [0.1, 0.15) is 11.9 Å². The zero-order valence-electron chi connectivity index (χ0n) is 21.1. The molecule has 1 atom stereocenters. The summed E-state index contributed by atoms with van der Waals surface area (Å²) >= 11 is 0. The first kappa shape index (κ1) is 26.8. The number of nitrogens with zero attached hydrogens (tertiary/aromatic N) is 2. The Balaban J connectivity index is 1.54. The van der Waals surface area contributed by atoms with Gasteiger partial charge in [-0.3, -0.25) is 9.59 Å². The smallest absolute Gasteiger partial charge is 0.243 e. The maximum atomic E-state index is 13.5. The van der Waals surface area contributed by atoms with Gasteiger partial charge in [0, 0.05) is 19.6 Å². The van der Waals surface area contributed by atoms with Crippen LogP contribution in [0.1, 0.15) is 38.2 Å². The Morgan fingerprint density at radius 3 is 2.32 bits per heavy atom. The molecule has 3 aromatic carbocycles. The average molecular weight is 526 g/mol. The van der Waals surface area contributed by atoms with Crippen molar-refractivity contribution >= 4 is 32.6 Å². The molecule has 7 nitrogen and oxygen atoms in total. The number of carbonyl (C=O) groups is 2. The summed E-state index contributed by atoms with van der Waals surface area (Å²) in [5.74, 6) is -1.22. The summed E-state index contributed by atoms with van der Waals surface area (Å²) in [6.45, 7) is 1.23. The molecule has 1 saturated carbocycles. The van der Waals surface area contributed by atoms with E-state index in [1.165, 1.54) is 30.1 Å². The van der Waals surface area contributed by atoms with Crippen molar-refractivity contribution in [3.8, 4) is 0 Å². The van der Waals surface area contributed by atoms with Crippen molar-refractivity contribution in [1.29, 1.82) is 0 Å². The van der Waals surface area contributed by atoms with Crippen molar-refractivity contribution in [3.05, 3.63) is 78.1 Å². The number of hydrogen-bond donors (Lipinski definition) is 1. The van der Waals surface area contributed by atoms with Gasteiger partial charge in [0.05, 0.1) is 11.4 Å². The fraction of sp³-hybridized carbons (Fsp3) is 0.357. The van der Waals surface area contributed by atoms with Gasteiger partial charge >= 0.3 is 0 Å². The molecule has 0 heterocycles. The summed E-state index contributed by atoms with van der Waals surface area (Å²) in [6, 6.07) is 17.2. The van der Waals surface area contributed by atoms with E-state index in [-0.39, 0.29) is 23.4 Å². The number of fused-ring (bicyclic) bond motifs is 1. The summed E-state index contributed by atoms with van der Waals surface area (Å²) in [5.41, 5.74) is 0.635. The molecule has 2 amide bonds. The van der Waals surface area contributed by atoms with E-state index in [2.05, 4.69) is 5.32 Å². The van der Waals surface area contributed by atoms with Crippen LogP contribution < -0.4 is 5.32 Å². The molecule has 0 radical (unpaired) electrons. The predicted molar refractivity (Wildman–Crippen MR) is 141 cm³/mol. The van der Waals surface area contributed by atoms with Crippen LogP contribution in [0.15, 0.2) is 71.6 Å². The third-order valence-corrected chi connectivity index (χ3v) is 8.72. The molecule has 1 N–H and O–H groups in total. The summed E-state index contributed by atoms with van der Waals surface area (Å²) in [7, 11) is -2.62. The topological polar surface area (TPSA) is 86.8 Å². The lowest BCUT2D eigenvalue weighted by Crippen LogP contribution is -2.52. The minimum Gasteiger partial charge on any atom is -0.352 e. The van der Waals surface area contributed by atoms with Gasteiger partial charge in [-0.1, -0.05) is 55.3 Å². The number of nitrogens with one attached hydrogen (secondary N) is 1. The summed E-state index contributed by atoms with van der Waals surface area (Å²) in [4.78, 5) is 27.9. The van der Waals surface area contributed by atoms with Crippen LogP contribution in [0.3, 0.4) is 0 Å². The highest BCUT2D eigenvalue weighted by Gasteiger charge is 2.31. The van der Waals surface area contributed by atoms with Crippen LogP contribution in [0, 0.1) is 5.82 Å². The van der Waals surface area contributed by atoms with E-state index in [1.54, 1.807) is 31.2 Å². The highest BCUT2D eigenvalue weighted by molar-refractivity contribution is 7.89. The second-order valence-corrected chi connectivity index (χ2v) is 11.6. The van der Waals surface area contributed by atoms with Crippen molar-refractivity contribution in [2.24, 2.45) is 0 Å². The molecule has 0 bridgehead atoms. The highest BCUT2D eigenvalue weighted by atomic mass is 32.2. The van der Waals surface area contributed by atoms with Gasteiger partial charge in [0.25, 0.3) is 0 Å². The number of rotatable bonds is 9. The van der Waals surface area contributed by atoms with Crippen LogP contribution in [-0.4, -0.2) is 55.1 Å². The maximum absolute atomic E-state index is 13.5. The summed E-state index contributed by atoms with van der Waals surface area (Å²) < 4.78 is 41.0. The minimum atomic E-state index is -3.97. The quantitative estimate of drug-likeness (QED) is 0.456. The predicted octanol–water partition coefficient (Wildman–Crippen LogP) is 4.08. The molecule has 9 heteroatoms. The zero-order valence-corrected chi connectivity index (χ0v) is 21.9. The standard InChI is InChI=1S/C28H32FN3O4S/c1-20(28(34)30-25-9-5-6-10-25)32(18-21-11-14-24(29)15-12-21)27(33)19-31(2)37(35,36)26-16-13-22-7-3-4-8-23(22)17-26/h3-4,7-8,11-17,20,25H,5-6,9-10,18-19H2,1-2H3,(H,30,34). The molecule has 1 aliphatic carbocycles. The molecule has 1 fully saturated rings. The van der Waals surface area contributed by atoms with Crippen LogP contribution in [0.4, 0.5) is 4.39 Å². The molecule has 0 saturated heterocycles. The molecule has 0 aromatic heterocycles. The van der Waals surface area contributed by atoms with Gasteiger partial charge in [-0.2, -0.15) is 4.31 Å². The van der Waals surface area contributed by atoms with Crippen LogP contribution in [0.2, 0.25) is 0 Å². The van der Waals surface area contributed by atoms with Gasteiger partial charge < -0.3 is 10.2 Å². The number of halogens is 1. The lowest BCUT2D eigenvalue weighted by molar-refractivity contribution is -0.140. The Morgan fingerprint density at radius 2 is 1.65 bits per heavy atom. The van der Waals surface area contributed by atoms with E-state index in [4.69, 9.17) is 0 Å². The van der Waals surface area contributed by atoms with Crippen LogP contribution >= 0.6 is 0 Å². The van der Waals surface area contributed by atoms with Gasteiger partial charge in [-0.15, -0.1) is 0 Å². The molecule has 0 aliphatic heterocycles. The molecular formula is C28H32FN3O4S. The highest BCUT2D eigenvalue weighted by Crippen LogP contribution is 2.22. The lowest BCUT2D eigenvalue weighted by Gasteiger charge is -2.31. The molecule has 0 spiro atoms. The van der Waals surface area contributed by atoms with Gasteiger partial charge in [-0.05, 0) is 60.4 Å². The second-order valence-electron chi connectivity index (χ2n) is 9.58. The number of likely N-dealkylation sites (N-methyl/N-ethyl adjacent to an activating group) is 1. The van der Waals surface area contributed by atoms with Crippen molar-refractivity contribution in [2.75, 3.05) is 13.6 Å². The summed E-state index contributed by atoms with van der Waals surface area (Å²) in [6.07, 6.45) is 3.90. The lowest BCUT2D eigenvalue weighted by atomic mass is 10.1. The monoisotopic (exact) mass is 525 g/mol. The Kier molecular flexibility index (Phi) is 8.24. The van der Waals surface area contributed by atoms with Gasteiger partial charge in [0.2, 0.25) is 21.8 Å². The van der Waals surface area contributed by atoms with Crippen LogP contribution in [0.25, 0.3) is 10.8 Å². The van der Waals surface area contributed by atoms with E-state index < -0.39 is 34.3 Å². The number of hydrogen-bond acceptors (Lipinski definition) is 4. The Morgan fingerprint density at radius 1 is 1.00 bits per heavy atom. The third kappa shape index (κ3) is 6.34. The van der Waals surface area contributed by atoms with Crippen molar-refractivity contribution in [3.63, 3.8) is 0 Å². The Bertz CT molecular complexity index is 1370. The fourth-order valence-corrected chi connectivity index (χ4v) is 5.79. The second kappa shape index (κ2) is 11.4. The molecular weight excluding hydrogens is 493 g/mol. The van der Waals surface area contributed by atoms with E-state index in [1.807, 2.05) is 24.3 Å². The molecule has 1 unspecified atom stereocenters. The number of benzene rings is 3. The average Bonchev–Trinajstić information content (AvgIpc) is 3.40. The molecule has 4 rings (SSSR count). The number of carbonyl (C=O) groups excluding carboxylic acids is 2. The minimum absolute atomic E-state index is 0.0439. The maximum Gasteiger partial charge on any atom is 0.243 e. The van der Waals surface area contributed by atoms with Crippen LogP contribution in [0.5, 0.6) is 0 Å². The SMILES string of the molecule is CC(C(=O)NC1CCCC1)N(Cc1ccc(F)cc1)C(=O)CN(C)S(=O)(=O)c1ccc2ccccc2c1. The van der Waals surface area contributed by atoms with Gasteiger partial charge in [0.15, 0.2) is 0 Å². The van der Waals surface area contributed by atoms with Crippen LogP contribution in [-0.2, 0) is 26.2 Å². The van der Waals surface area contributed by atoms with E-state index in [0.29, 0.717) is 5.56 Å². The zero-order chi connectivity index (χ0) is 26.6. The van der Waals surface area contributed by atoms with Crippen molar-refractivity contribution < 1.29 is 22.4 Å². The molecule has 1 aliphatic rings. The van der Waals surface area contributed by atoms with E-state index in [9.17, 15) is 22.4 Å². The third-order valence-electron chi connectivity index (χ3n) is 6.92. The number of sulfonamides is 1.